The van der Waals surface area contributed by atoms with Crippen LogP contribution in [0.2, 0.25) is 5.15 Å². The summed E-state index contributed by atoms with van der Waals surface area (Å²) in [6, 6.07) is 5.17. The summed E-state index contributed by atoms with van der Waals surface area (Å²) in [6.45, 7) is 4.50. The summed E-state index contributed by atoms with van der Waals surface area (Å²) in [7, 11) is 0. The molecule has 4 aromatic heterocycles. The molecule has 0 aliphatic heterocycles. The molecule has 0 amide bonds. The number of hydrogen-bond donors (Lipinski definition) is 2. The predicted octanol–water partition coefficient (Wildman–Crippen LogP) is 8.14. The number of thiophene rings is 1. The smallest absolute Gasteiger partial charge is 0.420 e. The highest BCUT2D eigenvalue weighted by Gasteiger charge is 2.36. The van der Waals surface area contributed by atoms with E-state index in [2.05, 4.69) is 44.7 Å². The number of carboxylic acid groups (broad SMARTS) is 1. The van der Waals surface area contributed by atoms with Crippen LogP contribution >= 0.6 is 22.9 Å². The first kappa shape index (κ1) is 31.5. The van der Waals surface area contributed by atoms with Crippen molar-refractivity contribution in [3.05, 3.63) is 69.8 Å². The summed E-state index contributed by atoms with van der Waals surface area (Å²) in [6.07, 6.45) is 11.6. The van der Waals surface area contributed by atoms with Crippen LogP contribution in [-0.2, 0) is 12.7 Å². The first-order valence-corrected chi connectivity index (χ1v) is 14.5. The third-order valence-corrected chi connectivity index (χ3v) is 7.39. The Morgan fingerprint density at radius 3 is 2.35 bits per heavy atom. The van der Waals surface area contributed by atoms with Crippen LogP contribution in [0, 0.1) is 0 Å². The van der Waals surface area contributed by atoms with Crippen molar-refractivity contribution < 1.29 is 23.1 Å². The van der Waals surface area contributed by atoms with Gasteiger partial charge in [0.1, 0.15) is 11.5 Å². The van der Waals surface area contributed by atoms with Gasteiger partial charge in [-0.2, -0.15) is 13.2 Å². The van der Waals surface area contributed by atoms with Gasteiger partial charge in [0.15, 0.2) is 11.3 Å². The molecule has 0 fully saturated rings. The van der Waals surface area contributed by atoms with Crippen LogP contribution in [0.1, 0.15) is 79.2 Å². The summed E-state index contributed by atoms with van der Waals surface area (Å²) >= 11 is 7.69. The average Bonchev–Trinajstić information content (AvgIpc) is 3.57. The summed E-state index contributed by atoms with van der Waals surface area (Å²) in [5, 5.41) is 14.2. The Balaban J connectivity index is 0.000000232. The van der Waals surface area contributed by atoms with Gasteiger partial charge in [0.25, 0.3) is 0 Å². The predicted molar refractivity (Wildman–Crippen MR) is 152 cm³/mol. The fourth-order valence-corrected chi connectivity index (χ4v) is 5.00. The third-order valence-electron chi connectivity index (χ3n) is 6.15. The number of nitrogens with zero attached hydrogens (tertiary/aromatic N) is 4. The van der Waals surface area contributed by atoms with Crippen molar-refractivity contribution >= 4 is 34.6 Å². The summed E-state index contributed by atoms with van der Waals surface area (Å²) < 4.78 is 40.7. The van der Waals surface area contributed by atoms with Gasteiger partial charge in [-0.1, -0.05) is 69.5 Å². The van der Waals surface area contributed by atoms with E-state index in [1.807, 2.05) is 11.3 Å². The number of aromatic nitrogens is 4. The number of rotatable bonds is 13. The zero-order chi connectivity index (χ0) is 29.0. The number of pyridine rings is 1. The van der Waals surface area contributed by atoms with Crippen LogP contribution in [0.3, 0.4) is 0 Å². The number of hydrogen-bond acceptors (Lipinski definition) is 6. The molecule has 0 unspecified atom stereocenters. The number of unbranched alkanes of at least 4 members (excludes halogenated alkanes) is 7. The van der Waals surface area contributed by atoms with E-state index in [9.17, 15) is 18.0 Å². The van der Waals surface area contributed by atoms with Crippen molar-refractivity contribution in [2.75, 3.05) is 6.54 Å². The van der Waals surface area contributed by atoms with Gasteiger partial charge < -0.3 is 10.4 Å². The van der Waals surface area contributed by atoms with Crippen molar-refractivity contribution in [1.82, 2.24) is 24.7 Å². The van der Waals surface area contributed by atoms with Crippen molar-refractivity contribution in [2.24, 2.45) is 0 Å². The standard InChI is InChI=1S/C15H27NS.C13H6ClF3N4O2/c1-2-3-4-5-6-7-8-9-12-16-14-15-11-10-13-17-15;14-10-9(12(22)23)20-11-8(13(15,16)17)1-6(4-21(10)11)7-2-18-5-19-3-7/h10-11,13,16H,2-9,12,14H2,1H3;1-5H,(H,22,23). The van der Waals surface area contributed by atoms with Gasteiger partial charge in [-0.05, 0) is 30.5 Å². The van der Waals surface area contributed by atoms with Crippen LogP contribution in [0.15, 0.2) is 48.5 Å². The van der Waals surface area contributed by atoms with Crippen molar-refractivity contribution in [3.8, 4) is 11.1 Å². The Bertz CT molecular complexity index is 1330. The second-order valence-corrected chi connectivity index (χ2v) is 10.6. The average molecular weight is 596 g/mol. The molecule has 4 rings (SSSR count). The third kappa shape index (κ3) is 9.28. The first-order valence-electron chi connectivity index (χ1n) is 13.2. The zero-order valence-corrected chi connectivity index (χ0v) is 23.8. The largest absolute Gasteiger partial charge is 0.476 e. The number of carboxylic acids is 1. The highest BCUT2D eigenvalue weighted by atomic mass is 35.5. The van der Waals surface area contributed by atoms with Crippen molar-refractivity contribution in [3.63, 3.8) is 0 Å². The van der Waals surface area contributed by atoms with E-state index in [1.165, 1.54) is 87.7 Å². The van der Waals surface area contributed by atoms with Crippen molar-refractivity contribution in [2.45, 2.75) is 71.0 Å². The minimum absolute atomic E-state index is 0.127. The molecule has 0 saturated heterocycles. The Hall–Kier alpha value is -3.02. The van der Waals surface area contributed by atoms with Crippen LogP contribution < -0.4 is 5.32 Å². The lowest BCUT2D eigenvalue weighted by Gasteiger charge is -2.11. The Morgan fingerprint density at radius 2 is 1.75 bits per heavy atom. The quantitative estimate of drug-likeness (QED) is 0.152. The lowest BCUT2D eigenvalue weighted by atomic mass is 10.1. The monoisotopic (exact) mass is 595 g/mol. The molecule has 12 heteroatoms. The second-order valence-electron chi connectivity index (χ2n) is 9.25. The van der Waals surface area contributed by atoms with E-state index in [-0.39, 0.29) is 5.56 Å². The van der Waals surface area contributed by atoms with Gasteiger partial charge >= 0.3 is 12.1 Å². The molecule has 40 heavy (non-hydrogen) atoms. The molecule has 0 spiro atoms. The minimum Gasteiger partial charge on any atom is -0.476 e. The topological polar surface area (TPSA) is 92.4 Å². The second kappa shape index (κ2) is 15.7. The van der Waals surface area contributed by atoms with Gasteiger partial charge in [-0.15, -0.1) is 11.3 Å². The summed E-state index contributed by atoms with van der Waals surface area (Å²) in [5.41, 5.74) is -1.89. The van der Waals surface area contributed by atoms with Crippen LogP contribution in [-0.4, -0.2) is 37.0 Å². The van der Waals surface area contributed by atoms with Crippen molar-refractivity contribution in [1.29, 1.82) is 0 Å². The van der Waals surface area contributed by atoms with Gasteiger partial charge in [-0.25, -0.2) is 19.7 Å². The molecular weight excluding hydrogens is 563 g/mol. The molecule has 0 atom stereocenters. The van der Waals surface area contributed by atoms with Gasteiger partial charge in [0.05, 0.1) is 5.56 Å². The SMILES string of the molecule is CCCCCCCCCCNCc1cccs1.O=C(O)c1nc2c(C(F)(F)F)cc(-c3cncnc3)cn2c1Cl. The summed E-state index contributed by atoms with van der Waals surface area (Å²) in [4.78, 5) is 23.5. The van der Waals surface area contributed by atoms with Gasteiger partial charge in [-0.3, -0.25) is 4.40 Å². The van der Waals surface area contributed by atoms with E-state index < -0.39 is 34.2 Å². The molecule has 0 radical (unpaired) electrons. The number of alkyl halides is 3. The fourth-order valence-electron chi connectivity index (χ4n) is 4.08. The molecule has 0 aliphatic carbocycles. The minimum atomic E-state index is -4.74. The maximum Gasteiger partial charge on any atom is 0.420 e. The first-order chi connectivity index (χ1) is 19.2. The number of imidazole rings is 1. The van der Waals surface area contributed by atoms with E-state index in [0.29, 0.717) is 5.56 Å². The highest BCUT2D eigenvalue weighted by molar-refractivity contribution is 7.09. The van der Waals surface area contributed by atoms with Crippen LogP contribution in [0.5, 0.6) is 0 Å². The molecule has 2 N–H and O–H groups in total. The molecule has 0 saturated carbocycles. The molecule has 0 aliphatic rings. The number of aromatic carboxylic acids is 1. The molecular formula is C28H33ClF3N5O2S. The number of nitrogens with one attached hydrogen (secondary N) is 1. The Labute approximate surface area is 240 Å². The molecule has 0 bridgehead atoms. The van der Waals surface area contributed by atoms with Crippen LogP contribution in [0.4, 0.5) is 13.2 Å². The fraction of sp³-hybridized carbons (Fsp3) is 0.429. The molecule has 4 aromatic rings. The van der Waals surface area contributed by atoms with E-state index in [4.69, 9.17) is 16.7 Å². The number of carbonyl (C=O) groups is 1. The molecule has 0 aromatic carbocycles. The van der Waals surface area contributed by atoms with Gasteiger partial charge in [0.2, 0.25) is 0 Å². The lowest BCUT2D eigenvalue weighted by Crippen LogP contribution is -2.13. The number of fused-ring (bicyclic) bond motifs is 1. The molecule has 7 nitrogen and oxygen atoms in total. The summed E-state index contributed by atoms with van der Waals surface area (Å²) in [5.74, 6) is -1.52. The zero-order valence-electron chi connectivity index (χ0n) is 22.3. The highest BCUT2D eigenvalue weighted by Crippen LogP contribution is 2.36. The molecule has 216 valence electrons. The normalized spacial score (nSPS) is 11.4. The van der Waals surface area contributed by atoms with E-state index in [1.54, 1.807) is 0 Å². The molecule has 4 heterocycles. The number of halogens is 4. The van der Waals surface area contributed by atoms with Crippen LogP contribution in [0.25, 0.3) is 16.8 Å². The Kier molecular flexibility index (Phi) is 12.4. The van der Waals surface area contributed by atoms with E-state index in [0.717, 1.165) is 17.0 Å². The lowest BCUT2D eigenvalue weighted by molar-refractivity contribution is -0.136. The maximum absolute atomic E-state index is 13.3. The van der Waals surface area contributed by atoms with Gasteiger partial charge in [0, 0.05) is 41.1 Å². The maximum atomic E-state index is 13.3. The Morgan fingerprint density at radius 1 is 1.07 bits per heavy atom. The van der Waals surface area contributed by atoms with E-state index >= 15 is 0 Å².